The summed E-state index contributed by atoms with van der Waals surface area (Å²) in [5.74, 6) is 0.752. The highest BCUT2D eigenvalue weighted by Crippen LogP contribution is 2.20. The van der Waals surface area contributed by atoms with Crippen LogP contribution in [0.1, 0.15) is 28.8 Å². The van der Waals surface area contributed by atoms with Crippen LogP contribution in [0.3, 0.4) is 0 Å². The molecule has 0 bridgehead atoms. The smallest absolute Gasteiger partial charge is 0.319 e. The molecular formula is C19H22N4O2. The highest BCUT2D eigenvalue weighted by molar-refractivity contribution is 5.90. The van der Waals surface area contributed by atoms with Gasteiger partial charge >= 0.3 is 6.03 Å². The Labute approximate surface area is 146 Å². The zero-order valence-electron chi connectivity index (χ0n) is 14.6. The number of furan rings is 1. The number of para-hydroxylation sites is 1. The van der Waals surface area contributed by atoms with Gasteiger partial charge in [0.25, 0.3) is 0 Å². The van der Waals surface area contributed by atoms with Gasteiger partial charge in [0.15, 0.2) is 0 Å². The summed E-state index contributed by atoms with van der Waals surface area (Å²) in [6, 6.07) is 12.9. The van der Waals surface area contributed by atoms with Crippen LogP contribution in [0.15, 0.2) is 53.1 Å². The minimum Gasteiger partial charge on any atom is -0.467 e. The molecule has 2 amide bonds. The molecule has 3 aromatic rings. The van der Waals surface area contributed by atoms with Crippen LogP contribution in [0.5, 0.6) is 0 Å². The van der Waals surface area contributed by atoms with E-state index >= 15 is 0 Å². The second-order valence-corrected chi connectivity index (χ2v) is 6.05. The van der Waals surface area contributed by atoms with Crippen LogP contribution in [0.25, 0.3) is 0 Å². The molecule has 0 aliphatic carbocycles. The van der Waals surface area contributed by atoms with E-state index in [2.05, 4.69) is 15.7 Å². The maximum absolute atomic E-state index is 12.3. The molecule has 0 aliphatic heterocycles. The first-order valence-corrected chi connectivity index (χ1v) is 8.21. The van der Waals surface area contributed by atoms with Crippen molar-refractivity contribution in [2.24, 2.45) is 0 Å². The molecule has 0 saturated heterocycles. The quantitative estimate of drug-likeness (QED) is 0.743. The molecule has 25 heavy (non-hydrogen) atoms. The van der Waals surface area contributed by atoms with Gasteiger partial charge in [-0.1, -0.05) is 18.2 Å². The van der Waals surface area contributed by atoms with Gasteiger partial charge in [0.2, 0.25) is 0 Å². The van der Waals surface area contributed by atoms with Crippen LogP contribution >= 0.6 is 0 Å². The molecule has 0 saturated carbocycles. The zero-order chi connectivity index (χ0) is 17.8. The third-order valence-electron chi connectivity index (χ3n) is 4.06. The highest BCUT2D eigenvalue weighted by atomic mass is 16.3. The predicted octanol–water partition coefficient (Wildman–Crippen LogP) is 3.81. The first kappa shape index (κ1) is 16.8. The molecule has 1 aromatic carbocycles. The Morgan fingerprint density at radius 3 is 2.64 bits per heavy atom. The summed E-state index contributed by atoms with van der Waals surface area (Å²) in [7, 11) is 0. The van der Waals surface area contributed by atoms with Gasteiger partial charge in [-0.3, -0.25) is 4.68 Å². The third kappa shape index (κ3) is 3.91. The van der Waals surface area contributed by atoms with Crippen LogP contribution in [0.2, 0.25) is 0 Å². The number of carbonyl (C=O) groups excluding carboxylic acids is 1. The normalized spacial score (nSPS) is 12.0. The van der Waals surface area contributed by atoms with Gasteiger partial charge in [0, 0.05) is 17.9 Å². The first-order chi connectivity index (χ1) is 12.0. The number of urea groups is 1. The lowest BCUT2D eigenvalue weighted by Gasteiger charge is -2.18. The summed E-state index contributed by atoms with van der Waals surface area (Å²) in [5, 5.41) is 10.3. The standard InChI is InChI=1S/C19H22N4O2/c1-13-7-4-5-8-16(13)21-19(24)20-12-17(18-9-6-10-25-18)23-15(3)11-14(2)22-23/h4-11,17H,12H2,1-3H3,(H2,20,21,24). The minimum absolute atomic E-state index is 0.202. The molecule has 1 unspecified atom stereocenters. The third-order valence-corrected chi connectivity index (χ3v) is 4.06. The molecule has 130 valence electrons. The van der Waals surface area contributed by atoms with Crippen molar-refractivity contribution in [3.05, 3.63) is 71.4 Å². The van der Waals surface area contributed by atoms with Gasteiger partial charge in [-0.05, 0) is 50.6 Å². The number of nitrogens with one attached hydrogen (secondary N) is 2. The maximum Gasteiger partial charge on any atom is 0.319 e. The lowest BCUT2D eigenvalue weighted by atomic mass is 10.2. The molecular weight excluding hydrogens is 316 g/mol. The van der Waals surface area contributed by atoms with Crippen molar-refractivity contribution < 1.29 is 9.21 Å². The van der Waals surface area contributed by atoms with Crippen molar-refractivity contribution in [3.8, 4) is 0 Å². The summed E-state index contributed by atoms with van der Waals surface area (Å²) in [6.07, 6.45) is 1.63. The molecule has 0 radical (unpaired) electrons. The molecule has 0 fully saturated rings. The van der Waals surface area contributed by atoms with E-state index in [0.29, 0.717) is 6.54 Å². The molecule has 6 nitrogen and oxygen atoms in total. The van der Waals surface area contributed by atoms with Crippen molar-refractivity contribution in [1.82, 2.24) is 15.1 Å². The van der Waals surface area contributed by atoms with Gasteiger partial charge in [-0.2, -0.15) is 5.10 Å². The number of aryl methyl sites for hydroxylation is 3. The Morgan fingerprint density at radius 1 is 1.20 bits per heavy atom. The van der Waals surface area contributed by atoms with E-state index in [0.717, 1.165) is 28.4 Å². The zero-order valence-corrected chi connectivity index (χ0v) is 14.6. The highest BCUT2D eigenvalue weighted by Gasteiger charge is 2.20. The van der Waals surface area contributed by atoms with Crippen LogP contribution in [0, 0.1) is 20.8 Å². The van der Waals surface area contributed by atoms with E-state index in [9.17, 15) is 4.79 Å². The van der Waals surface area contributed by atoms with Crippen LogP contribution < -0.4 is 10.6 Å². The average Bonchev–Trinajstić information content (AvgIpc) is 3.20. The molecule has 1 atom stereocenters. The number of aromatic nitrogens is 2. The molecule has 2 N–H and O–H groups in total. The fourth-order valence-corrected chi connectivity index (χ4v) is 2.82. The Morgan fingerprint density at radius 2 is 2.00 bits per heavy atom. The SMILES string of the molecule is Cc1cc(C)n(C(CNC(=O)Nc2ccccc2C)c2ccco2)n1. The van der Waals surface area contributed by atoms with E-state index in [-0.39, 0.29) is 12.1 Å². The minimum atomic E-state index is -0.257. The number of carbonyl (C=O) groups is 1. The summed E-state index contributed by atoms with van der Waals surface area (Å²) in [5.41, 5.74) is 3.75. The molecule has 6 heteroatoms. The molecule has 2 aromatic heterocycles. The monoisotopic (exact) mass is 338 g/mol. The van der Waals surface area contributed by atoms with Crippen molar-refractivity contribution in [2.45, 2.75) is 26.8 Å². The maximum atomic E-state index is 12.3. The number of benzene rings is 1. The van der Waals surface area contributed by atoms with Crippen LogP contribution in [0.4, 0.5) is 10.5 Å². The largest absolute Gasteiger partial charge is 0.467 e. The second kappa shape index (κ2) is 7.25. The van der Waals surface area contributed by atoms with E-state index in [1.807, 2.05) is 67.9 Å². The Kier molecular flexibility index (Phi) is 4.88. The van der Waals surface area contributed by atoms with Crippen molar-refractivity contribution >= 4 is 11.7 Å². The lowest BCUT2D eigenvalue weighted by molar-refractivity contribution is 0.249. The van der Waals surface area contributed by atoms with E-state index in [1.54, 1.807) is 6.26 Å². The summed E-state index contributed by atoms with van der Waals surface area (Å²) in [6.45, 7) is 6.26. The molecule has 0 spiro atoms. The number of anilines is 1. The fourth-order valence-electron chi connectivity index (χ4n) is 2.82. The van der Waals surface area contributed by atoms with Gasteiger partial charge in [-0.25, -0.2) is 4.79 Å². The van der Waals surface area contributed by atoms with Crippen LogP contribution in [-0.4, -0.2) is 22.4 Å². The van der Waals surface area contributed by atoms with Crippen molar-refractivity contribution in [1.29, 1.82) is 0 Å². The first-order valence-electron chi connectivity index (χ1n) is 8.21. The van der Waals surface area contributed by atoms with Crippen molar-refractivity contribution in [2.75, 3.05) is 11.9 Å². The van der Waals surface area contributed by atoms with E-state index in [1.165, 1.54) is 0 Å². The number of hydrogen-bond donors (Lipinski definition) is 2. The number of nitrogens with zero attached hydrogens (tertiary/aromatic N) is 2. The molecule has 2 heterocycles. The molecule has 3 rings (SSSR count). The van der Waals surface area contributed by atoms with Crippen LogP contribution in [-0.2, 0) is 0 Å². The summed E-state index contributed by atoms with van der Waals surface area (Å²) >= 11 is 0. The Balaban J connectivity index is 1.72. The average molecular weight is 338 g/mol. The van der Waals surface area contributed by atoms with Gasteiger partial charge in [0.05, 0.1) is 12.0 Å². The molecule has 0 aliphatic rings. The number of amides is 2. The van der Waals surface area contributed by atoms with Crippen molar-refractivity contribution in [3.63, 3.8) is 0 Å². The van der Waals surface area contributed by atoms with Gasteiger partial charge in [-0.15, -0.1) is 0 Å². The lowest BCUT2D eigenvalue weighted by Crippen LogP contribution is -2.35. The predicted molar refractivity (Wildman–Crippen MR) is 96.7 cm³/mol. The van der Waals surface area contributed by atoms with Gasteiger partial charge in [0.1, 0.15) is 11.8 Å². The second-order valence-electron chi connectivity index (χ2n) is 6.05. The van der Waals surface area contributed by atoms with E-state index in [4.69, 9.17) is 4.42 Å². The Hall–Kier alpha value is -3.02. The summed E-state index contributed by atoms with van der Waals surface area (Å²) < 4.78 is 7.43. The fraction of sp³-hybridized carbons (Fsp3) is 0.263. The topological polar surface area (TPSA) is 72.1 Å². The van der Waals surface area contributed by atoms with E-state index < -0.39 is 0 Å². The Bertz CT molecular complexity index is 852. The van der Waals surface area contributed by atoms with Gasteiger partial charge < -0.3 is 15.1 Å². The number of rotatable bonds is 5. The summed E-state index contributed by atoms with van der Waals surface area (Å²) in [4.78, 5) is 12.3. The number of hydrogen-bond acceptors (Lipinski definition) is 3.